The van der Waals surface area contributed by atoms with Crippen LogP contribution in [0, 0.1) is 0 Å². The molecular weight excluding hydrogens is 787 g/mol. The van der Waals surface area contributed by atoms with E-state index in [9.17, 15) is 40.5 Å². The van der Waals surface area contributed by atoms with Gasteiger partial charge in [-0.3, -0.25) is 4.79 Å². The second-order valence-electron chi connectivity index (χ2n) is 18.6. The van der Waals surface area contributed by atoms with E-state index in [-0.39, 0.29) is 6.42 Å². The molecule has 11 nitrogen and oxygen atoms in total. The number of nitrogens with one attached hydrogen (secondary N) is 1. The van der Waals surface area contributed by atoms with Gasteiger partial charge in [0.1, 0.15) is 36.6 Å². The summed E-state index contributed by atoms with van der Waals surface area (Å²) in [5.41, 5.74) is 0. The van der Waals surface area contributed by atoms with Gasteiger partial charge in [0.2, 0.25) is 5.91 Å². The van der Waals surface area contributed by atoms with Gasteiger partial charge < -0.3 is 50.5 Å². The number of aliphatic hydroxyl groups excluding tert-OH is 7. The summed E-state index contributed by atoms with van der Waals surface area (Å²) in [6.07, 6.45) is 34.3. The van der Waals surface area contributed by atoms with Crippen LogP contribution in [0.4, 0.5) is 0 Å². The average molecular weight is 886 g/mol. The van der Waals surface area contributed by atoms with Crippen LogP contribution in [0.5, 0.6) is 0 Å². The van der Waals surface area contributed by atoms with Crippen molar-refractivity contribution in [1.82, 2.24) is 5.32 Å². The third-order valence-electron chi connectivity index (χ3n) is 12.8. The third-order valence-corrected chi connectivity index (χ3v) is 12.8. The normalized spacial score (nSPS) is 21.3. The minimum atomic E-state index is -1.66. The van der Waals surface area contributed by atoms with Gasteiger partial charge >= 0.3 is 0 Å². The molecule has 1 fully saturated rings. The number of hydrogen-bond donors (Lipinski definition) is 8. The molecule has 1 saturated heterocycles. The van der Waals surface area contributed by atoms with E-state index in [1.165, 1.54) is 148 Å². The standard InChI is InChI=1S/C51H99NO10/c1-3-5-7-9-11-13-15-16-17-18-19-20-21-22-23-24-25-26-27-28-29-31-32-34-36-38-43(54)46(56)42(41-61-51-49(59)48(58)47(57)45(40-53)62-51)52-50(60)44(55)39-37-35-33-30-14-12-10-8-6-4-2/h10,12,42-49,51,53-59H,3-9,11,13-41H2,1-2H3,(H,52,60)/b12-10-. The zero-order chi connectivity index (χ0) is 45.5. The van der Waals surface area contributed by atoms with Gasteiger partial charge in [-0.1, -0.05) is 219 Å². The van der Waals surface area contributed by atoms with Crippen molar-refractivity contribution in [3.8, 4) is 0 Å². The van der Waals surface area contributed by atoms with Gasteiger partial charge in [0.05, 0.1) is 25.4 Å². The Kier molecular flexibility index (Phi) is 39.2. The van der Waals surface area contributed by atoms with Crippen LogP contribution in [0.2, 0.25) is 0 Å². The Morgan fingerprint density at radius 2 is 0.952 bits per heavy atom. The Balaban J connectivity index is 2.29. The van der Waals surface area contributed by atoms with Gasteiger partial charge in [-0.25, -0.2) is 0 Å². The molecule has 0 bridgehead atoms. The highest BCUT2D eigenvalue weighted by atomic mass is 16.7. The summed E-state index contributed by atoms with van der Waals surface area (Å²) in [5, 5.41) is 75.7. The maximum Gasteiger partial charge on any atom is 0.249 e. The van der Waals surface area contributed by atoms with Crippen molar-refractivity contribution in [3.05, 3.63) is 12.2 Å². The molecule has 8 N–H and O–H groups in total. The molecule has 0 aromatic rings. The minimum absolute atomic E-state index is 0.247. The number of allylic oxidation sites excluding steroid dienone is 2. The van der Waals surface area contributed by atoms with Crippen molar-refractivity contribution in [3.63, 3.8) is 0 Å². The van der Waals surface area contributed by atoms with Gasteiger partial charge in [0.15, 0.2) is 6.29 Å². The van der Waals surface area contributed by atoms with E-state index < -0.39 is 74.2 Å². The van der Waals surface area contributed by atoms with Gasteiger partial charge in [-0.15, -0.1) is 0 Å². The summed E-state index contributed by atoms with van der Waals surface area (Å²) in [7, 11) is 0. The first-order valence-corrected chi connectivity index (χ1v) is 26.1. The SMILES string of the molecule is CCCC/C=C\CCCCCCC(O)C(=O)NC(COC1OC(CO)C(O)C(O)C1O)C(O)C(O)CCCCCCCCCCCCCCCCCCCCCCCCCCC. The highest BCUT2D eigenvalue weighted by Gasteiger charge is 2.44. The second kappa shape index (κ2) is 41.3. The molecular formula is C51H99NO10. The highest BCUT2D eigenvalue weighted by Crippen LogP contribution is 2.23. The van der Waals surface area contributed by atoms with E-state index in [4.69, 9.17) is 9.47 Å². The number of rotatable bonds is 44. The molecule has 368 valence electrons. The van der Waals surface area contributed by atoms with Crippen molar-refractivity contribution >= 4 is 5.91 Å². The molecule has 11 heteroatoms. The van der Waals surface area contributed by atoms with E-state index in [0.29, 0.717) is 19.3 Å². The number of hydrogen-bond acceptors (Lipinski definition) is 10. The van der Waals surface area contributed by atoms with Crippen molar-refractivity contribution in [1.29, 1.82) is 0 Å². The monoisotopic (exact) mass is 886 g/mol. The minimum Gasteiger partial charge on any atom is -0.394 e. The van der Waals surface area contributed by atoms with E-state index in [2.05, 4.69) is 31.3 Å². The Morgan fingerprint density at radius 1 is 0.548 bits per heavy atom. The largest absolute Gasteiger partial charge is 0.394 e. The summed E-state index contributed by atoms with van der Waals surface area (Å²) in [4.78, 5) is 13.1. The molecule has 0 aromatic carbocycles. The smallest absolute Gasteiger partial charge is 0.249 e. The summed E-state index contributed by atoms with van der Waals surface area (Å²) in [5.74, 6) is -0.706. The molecule has 9 unspecified atom stereocenters. The first-order valence-electron chi connectivity index (χ1n) is 26.1. The van der Waals surface area contributed by atoms with Crippen molar-refractivity contribution < 1.29 is 50.0 Å². The van der Waals surface area contributed by atoms with Crippen LogP contribution in [-0.2, 0) is 14.3 Å². The summed E-state index contributed by atoms with van der Waals surface area (Å²) in [6, 6.07) is -1.17. The maximum absolute atomic E-state index is 13.1. The van der Waals surface area contributed by atoms with E-state index in [1.807, 2.05) is 0 Å². The Bertz CT molecular complexity index is 1020. The molecule has 0 spiro atoms. The van der Waals surface area contributed by atoms with Crippen LogP contribution in [0.25, 0.3) is 0 Å². The molecule has 1 aliphatic heterocycles. The number of carbonyl (C=O) groups excluding carboxylic acids is 1. The third kappa shape index (κ3) is 30.1. The number of carbonyl (C=O) groups is 1. The zero-order valence-electron chi connectivity index (χ0n) is 39.9. The fourth-order valence-corrected chi connectivity index (χ4v) is 8.48. The molecule has 0 aromatic heterocycles. The lowest BCUT2D eigenvalue weighted by atomic mass is 9.98. The zero-order valence-corrected chi connectivity index (χ0v) is 39.9. The van der Waals surface area contributed by atoms with Gasteiger partial charge in [0, 0.05) is 0 Å². The van der Waals surface area contributed by atoms with Gasteiger partial charge in [-0.05, 0) is 32.1 Å². The molecule has 1 amide bonds. The highest BCUT2D eigenvalue weighted by molar-refractivity contribution is 5.80. The number of aliphatic hydroxyl groups is 7. The van der Waals surface area contributed by atoms with E-state index in [0.717, 1.165) is 51.4 Å². The molecule has 62 heavy (non-hydrogen) atoms. The first kappa shape index (κ1) is 58.9. The Morgan fingerprint density at radius 3 is 1.40 bits per heavy atom. The number of ether oxygens (including phenoxy) is 2. The molecule has 9 atom stereocenters. The van der Waals surface area contributed by atoms with E-state index >= 15 is 0 Å². The predicted octanol–water partition coefficient (Wildman–Crippen LogP) is 9.62. The predicted molar refractivity (Wildman–Crippen MR) is 252 cm³/mol. The van der Waals surface area contributed by atoms with Crippen molar-refractivity contribution in [2.75, 3.05) is 13.2 Å². The second-order valence-corrected chi connectivity index (χ2v) is 18.6. The number of unbranched alkanes of at least 4 members (excludes halogenated alkanes) is 30. The molecule has 0 saturated carbocycles. The van der Waals surface area contributed by atoms with Crippen molar-refractivity contribution in [2.45, 2.75) is 294 Å². The molecule has 1 heterocycles. The van der Waals surface area contributed by atoms with Crippen LogP contribution in [0.3, 0.4) is 0 Å². The first-order chi connectivity index (χ1) is 30.2. The van der Waals surface area contributed by atoms with Crippen LogP contribution in [-0.4, -0.2) is 110 Å². The fourth-order valence-electron chi connectivity index (χ4n) is 8.48. The Hall–Kier alpha value is -1.15. The lowest BCUT2D eigenvalue weighted by molar-refractivity contribution is -0.303. The van der Waals surface area contributed by atoms with E-state index in [1.54, 1.807) is 0 Å². The quantitative estimate of drug-likeness (QED) is 0.0216. The van der Waals surface area contributed by atoms with Crippen LogP contribution in [0.15, 0.2) is 12.2 Å². The van der Waals surface area contributed by atoms with Crippen molar-refractivity contribution in [2.24, 2.45) is 0 Å². The summed E-state index contributed by atoms with van der Waals surface area (Å²) in [6.45, 7) is 3.40. The lowest BCUT2D eigenvalue weighted by Crippen LogP contribution is -2.60. The summed E-state index contributed by atoms with van der Waals surface area (Å²) < 4.78 is 11.1. The Labute approximate surface area is 379 Å². The van der Waals surface area contributed by atoms with Gasteiger partial charge in [-0.2, -0.15) is 0 Å². The molecule has 0 aliphatic carbocycles. The molecule has 0 radical (unpaired) electrons. The maximum atomic E-state index is 13.1. The van der Waals surface area contributed by atoms with Crippen LogP contribution in [0.1, 0.15) is 239 Å². The average Bonchev–Trinajstić information content (AvgIpc) is 3.27. The molecule has 1 aliphatic rings. The van der Waals surface area contributed by atoms with Crippen LogP contribution < -0.4 is 5.32 Å². The number of amides is 1. The summed E-state index contributed by atoms with van der Waals surface area (Å²) >= 11 is 0. The lowest BCUT2D eigenvalue weighted by Gasteiger charge is -2.40. The van der Waals surface area contributed by atoms with Crippen LogP contribution >= 0.6 is 0 Å². The molecule has 1 rings (SSSR count). The fraction of sp³-hybridized carbons (Fsp3) is 0.941. The van der Waals surface area contributed by atoms with Gasteiger partial charge in [0.25, 0.3) is 0 Å². The topological polar surface area (TPSA) is 189 Å².